The molecule has 0 unspecified atom stereocenters. The average Bonchev–Trinajstić information content (AvgIpc) is 2.70. The fourth-order valence-electron chi connectivity index (χ4n) is 1.18. The largest absolute Gasteiger partial charge is 0.507 e. The molecule has 5 nitrogen and oxygen atoms in total. The van der Waals surface area contributed by atoms with Crippen LogP contribution in [0.15, 0.2) is 17.6 Å². The zero-order valence-corrected chi connectivity index (χ0v) is 8.27. The van der Waals surface area contributed by atoms with Crippen molar-refractivity contribution < 1.29 is 10.0 Å². The molecule has 0 aliphatic rings. The van der Waals surface area contributed by atoms with E-state index in [0.717, 1.165) is 5.01 Å². The maximum Gasteiger partial charge on any atom is 0.507 e. The smallest absolute Gasteiger partial charge is 0.422 e. The van der Waals surface area contributed by atoms with Crippen LogP contribution in [0.4, 0.5) is 0 Å². The summed E-state index contributed by atoms with van der Waals surface area (Å²) in [4.78, 5) is 4.08. The quantitative estimate of drug-likeness (QED) is 0.636. The summed E-state index contributed by atoms with van der Waals surface area (Å²) in [6.45, 7) is 0. The Bertz CT molecular complexity index is 426. The van der Waals surface area contributed by atoms with E-state index in [1.165, 1.54) is 16.0 Å². The second-order valence-electron chi connectivity index (χ2n) is 2.79. The van der Waals surface area contributed by atoms with E-state index in [0.29, 0.717) is 11.3 Å². The Labute approximate surface area is 84.8 Å². The van der Waals surface area contributed by atoms with Gasteiger partial charge in [0.25, 0.3) is 0 Å². The molecule has 7 heteroatoms. The number of aromatic nitrogens is 3. The van der Waals surface area contributed by atoms with Gasteiger partial charge in [0.05, 0.1) is 5.59 Å². The molecule has 0 fully saturated rings. The van der Waals surface area contributed by atoms with Crippen LogP contribution in [0, 0.1) is 0 Å². The van der Waals surface area contributed by atoms with Crippen molar-refractivity contribution in [1.82, 2.24) is 14.8 Å². The van der Waals surface area contributed by atoms with Gasteiger partial charge in [-0.25, -0.2) is 4.98 Å². The van der Waals surface area contributed by atoms with Gasteiger partial charge in [0.15, 0.2) is 0 Å². The van der Waals surface area contributed by atoms with Gasteiger partial charge >= 0.3 is 7.12 Å². The minimum Gasteiger partial charge on any atom is -0.422 e. The Kier molecular flexibility index (Phi) is 2.36. The van der Waals surface area contributed by atoms with Crippen LogP contribution in [0.2, 0.25) is 0 Å². The first-order valence-electron chi connectivity index (χ1n) is 3.98. The molecular formula is C7H8BN3O2S. The monoisotopic (exact) mass is 209 g/mol. The lowest BCUT2D eigenvalue weighted by molar-refractivity contribution is 0.421. The third kappa shape index (κ3) is 1.57. The van der Waals surface area contributed by atoms with Gasteiger partial charge in [-0.15, -0.1) is 11.3 Å². The summed E-state index contributed by atoms with van der Waals surface area (Å²) >= 11 is 1.46. The van der Waals surface area contributed by atoms with Gasteiger partial charge < -0.3 is 10.0 Å². The maximum atomic E-state index is 8.99. The molecule has 0 aliphatic carbocycles. The predicted octanol–water partition coefficient (Wildman–Crippen LogP) is -0.777. The van der Waals surface area contributed by atoms with Crippen LogP contribution in [0.1, 0.15) is 0 Å². The first kappa shape index (κ1) is 9.38. The lowest BCUT2D eigenvalue weighted by atomic mass is 9.86. The number of hydrogen-bond donors (Lipinski definition) is 2. The molecule has 2 heterocycles. The summed E-state index contributed by atoms with van der Waals surface area (Å²) in [5, 5.41) is 24.7. The van der Waals surface area contributed by atoms with Crippen molar-refractivity contribution in [3.8, 4) is 10.7 Å². The molecule has 14 heavy (non-hydrogen) atoms. The lowest BCUT2D eigenvalue weighted by Gasteiger charge is -1.96. The Morgan fingerprint density at radius 3 is 2.79 bits per heavy atom. The van der Waals surface area contributed by atoms with Gasteiger partial charge in [-0.05, 0) is 6.07 Å². The molecule has 0 spiro atoms. The van der Waals surface area contributed by atoms with Gasteiger partial charge in [0.1, 0.15) is 10.7 Å². The second kappa shape index (κ2) is 3.53. The Balaban J connectivity index is 2.43. The van der Waals surface area contributed by atoms with Gasteiger partial charge in [-0.1, -0.05) is 0 Å². The molecular weight excluding hydrogens is 201 g/mol. The summed E-state index contributed by atoms with van der Waals surface area (Å²) in [6, 6.07) is 1.61. The zero-order valence-electron chi connectivity index (χ0n) is 7.45. The number of aryl methyl sites for hydroxylation is 1. The van der Waals surface area contributed by atoms with Crippen molar-refractivity contribution in [2.75, 3.05) is 0 Å². The normalized spacial score (nSPS) is 10.5. The summed E-state index contributed by atoms with van der Waals surface area (Å²) in [6.07, 6.45) is 1.68. The fraction of sp³-hybridized carbons (Fsp3) is 0.143. The third-order valence-corrected chi connectivity index (χ3v) is 2.63. The topological polar surface area (TPSA) is 71.2 Å². The summed E-state index contributed by atoms with van der Waals surface area (Å²) in [5.74, 6) is 0. The van der Waals surface area contributed by atoms with Gasteiger partial charge in [0.2, 0.25) is 0 Å². The SMILES string of the molecule is Cn1nc(-c2nccs2)cc1B(O)O. The van der Waals surface area contributed by atoms with E-state index in [9.17, 15) is 0 Å². The predicted molar refractivity (Wildman–Crippen MR) is 54.1 cm³/mol. The molecule has 2 rings (SSSR count). The summed E-state index contributed by atoms with van der Waals surface area (Å²) < 4.78 is 1.43. The van der Waals surface area contributed by atoms with Crippen LogP contribution in [0.3, 0.4) is 0 Å². The minimum atomic E-state index is -1.50. The molecule has 0 saturated carbocycles. The first-order valence-corrected chi connectivity index (χ1v) is 4.86. The van der Waals surface area contributed by atoms with Gasteiger partial charge in [-0.3, -0.25) is 4.68 Å². The highest BCUT2D eigenvalue weighted by molar-refractivity contribution is 7.13. The molecule has 2 N–H and O–H groups in total. The van der Waals surface area contributed by atoms with Crippen molar-refractivity contribution in [2.24, 2.45) is 7.05 Å². The summed E-state index contributed by atoms with van der Waals surface area (Å²) in [5.41, 5.74) is 1.01. The Morgan fingerprint density at radius 2 is 2.29 bits per heavy atom. The first-order chi connectivity index (χ1) is 6.68. The molecule has 72 valence electrons. The number of nitrogens with zero attached hydrogens (tertiary/aromatic N) is 3. The van der Waals surface area contributed by atoms with E-state index in [1.807, 2.05) is 5.38 Å². The number of thiazole rings is 1. The molecule has 2 aromatic rings. The van der Waals surface area contributed by atoms with Gasteiger partial charge in [-0.2, -0.15) is 5.10 Å². The van der Waals surface area contributed by atoms with Crippen molar-refractivity contribution in [3.05, 3.63) is 17.6 Å². The Morgan fingerprint density at radius 1 is 1.50 bits per heavy atom. The molecule has 0 radical (unpaired) electrons. The van der Waals surface area contributed by atoms with E-state index in [-0.39, 0.29) is 0 Å². The van der Waals surface area contributed by atoms with Crippen LogP contribution < -0.4 is 5.59 Å². The molecule has 0 bridgehead atoms. The average molecular weight is 209 g/mol. The van der Waals surface area contributed by atoms with Crippen molar-refractivity contribution in [3.63, 3.8) is 0 Å². The molecule has 0 aromatic carbocycles. The molecule has 0 amide bonds. The highest BCUT2D eigenvalue weighted by Gasteiger charge is 2.18. The Hall–Kier alpha value is -1.18. The molecule has 0 atom stereocenters. The number of hydrogen-bond acceptors (Lipinski definition) is 5. The van der Waals surface area contributed by atoms with Crippen LogP contribution in [-0.2, 0) is 7.05 Å². The second-order valence-corrected chi connectivity index (χ2v) is 3.68. The fourth-order valence-corrected chi connectivity index (χ4v) is 1.77. The van der Waals surface area contributed by atoms with Crippen LogP contribution in [-0.4, -0.2) is 31.9 Å². The van der Waals surface area contributed by atoms with Crippen LogP contribution >= 0.6 is 11.3 Å². The van der Waals surface area contributed by atoms with E-state index >= 15 is 0 Å². The van der Waals surface area contributed by atoms with Crippen molar-refractivity contribution in [1.29, 1.82) is 0 Å². The zero-order chi connectivity index (χ0) is 10.1. The van der Waals surface area contributed by atoms with E-state index in [4.69, 9.17) is 10.0 Å². The molecule has 0 aliphatic heterocycles. The van der Waals surface area contributed by atoms with E-state index in [1.54, 1.807) is 19.3 Å². The molecule has 0 saturated heterocycles. The standard InChI is InChI=1S/C7H8BN3O2S/c1-11-6(8(12)13)4-5(10-11)7-9-2-3-14-7/h2-4,12-13H,1H3. The maximum absolute atomic E-state index is 8.99. The minimum absolute atomic E-state index is 0.357. The van der Waals surface area contributed by atoms with Crippen LogP contribution in [0.5, 0.6) is 0 Å². The summed E-state index contributed by atoms with van der Waals surface area (Å²) in [7, 11) is 0.160. The van der Waals surface area contributed by atoms with Crippen molar-refractivity contribution >= 4 is 24.0 Å². The van der Waals surface area contributed by atoms with E-state index in [2.05, 4.69) is 10.1 Å². The highest BCUT2D eigenvalue weighted by atomic mass is 32.1. The third-order valence-electron chi connectivity index (χ3n) is 1.83. The van der Waals surface area contributed by atoms with Crippen molar-refractivity contribution in [2.45, 2.75) is 0 Å². The van der Waals surface area contributed by atoms with Gasteiger partial charge in [0, 0.05) is 18.6 Å². The molecule has 2 aromatic heterocycles. The highest BCUT2D eigenvalue weighted by Crippen LogP contribution is 2.17. The van der Waals surface area contributed by atoms with E-state index < -0.39 is 7.12 Å². The number of rotatable bonds is 2. The van der Waals surface area contributed by atoms with Crippen LogP contribution in [0.25, 0.3) is 10.7 Å². The lowest BCUT2D eigenvalue weighted by Crippen LogP contribution is -2.35.